The first kappa shape index (κ1) is 11.9. The topological polar surface area (TPSA) is 3.24 Å². The van der Waals surface area contributed by atoms with Gasteiger partial charge in [-0.3, -0.25) is 0 Å². The van der Waals surface area contributed by atoms with E-state index in [1.807, 2.05) is 11.8 Å². The Balaban J connectivity index is 1.67. The minimum atomic E-state index is 0.369. The predicted molar refractivity (Wildman–Crippen MR) is 75.2 cm³/mol. The van der Waals surface area contributed by atoms with Crippen LogP contribution in [0.15, 0.2) is 29.2 Å². The third kappa shape index (κ3) is 2.64. The van der Waals surface area contributed by atoms with E-state index in [4.69, 9.17) is 11.6 Å². The number of alkyl halides is 1. The second-order valence-corrected chi connectivity index (χ2v) is 6.72. The summed E-state index contributed by atoms with van der Waals surface area (Å²) in [6.07, 6.45) is 2.45. The van der Waals surface area contributed by atoms with Crippen LogP contribution < -0.4 is 0 Å². The smallest absolute Gasteiger partial charge is 0.0463 e. The summed E-state index contributed by atoms with van der Waals surface area (Å²) in [5, 5.41) is 0.369. The quantitative estimate of drug-likeness (QED) is 0.754. The molecule has 2 atom stereocenters. The molecule has 1 nitrogen and oxygen atoms in total. The van der Waals surface area contributed by atoms with Crippen molar-refractivity contribution in [3.05, 3.63) is 29.8 Å². The number of hydrogen-bond acceptors (Lipinski definition) is 2. The second-order valence-electron chi connectivity index (χ2n) is 5.04. The van der Waals surface area contributed by atoms with Gasteiger partial charge in [0.05, 0.1) is 0 Å². The molecular formula is C14H18ClNS. The van der Waals surface area contributed by atoms with Gasteiger partial charge in [-0.1, -0.05) is 18.2 Å². The van der Waals surface area contributed by atoms with Crippen molar-refractivity contribution < 1.29 is 0 Å². The van der Waals surface area contributed by atoms with E-state index in [1.165, 1.54) is 36.6 Å². The number of halogens is 1. The van der Waals surface area contributed by atoms with Crippen LogP contribution in [0.3, 0.4) is 0 Å². The van der Waals surface area contributed by atoms with Crippen LogP contribution in [-0.2, 0) is 0 Å². The molecule has 0 aromatic heterocycles. The zero-order valence-corrected chi connectivity index (χ0v) is 11.5. The molecule has 2 aliphatic heterocycles. The maximum Gasteiger partial charge on any atom is 0.0463 e. The van der Waals surface area contributed by atoms with Crippen LogP contribution in [0.25, 0.3) is 0 Å². The van der Waals surface area contributed by atoms with Gasteiger partial charge < -0.3 is 4.90 Å². The van der Waals surface area contributed by atoms with Crippen LogP contribution >= 0.6 is 23.4 Å². The SMILES string of the molecule is ClC1CCCN(CC2CSc3ccccc32)C1. The van der Waals surface area contributed by atoms with E-state index in [0.717, 1.165) is 6.54 Å². The molecule has 2 heterocycles. The monoisotopic (exact) mass is 267 g/mol. The summed E-state index contributed by atoms with van der Waals surface area (Å²) in [5.74, 6) is 1.95. The van der Waals surface area contributed by atoms with Crippen molar-refractivity contribution in [3.63, 3.8) is 0 Å². The highest BCUT2D eigenvalue weighted by Crippen LogP contribution is 2.39. The molecule has 0 spiro atoms. The molecule has 3 rings (SSSR count). The average Bonchev–Trinajstić information content (AvgIpc) is 2.73. The van der Waals surface area contributed by atoms with Crippen molar-refractivity contribution in [2.45, 2.75) is 29.0 Å². The van der Waals surface area contributed by atoms with E-state index in [1.54, 1.807) is 5.56 Å². The van der Waals surface area contributed by atoms with E-state index < -0.39 is 0 Å². The Morgan fingerprint density at radius 1 is 1.35 bits per heavy atom. The highest BCUT2D eigenvalue weighted by Gasteiger charge is 2.26. The average molecular weight is 268 g/mol. The maximum atomic E-state index is 6.25. The van der Waals surface area contributed by atoms with Gasteiger partial charge in [0.2, 0.25) is 0 Å². The molecule has 0 saturated carbocycles. The van der Waals surface area contributed by atoms with Gasteiger partial charge in [0.25, 0.3) is 0 Å². The molecule has 1 fully saturated rings. The zero-order chi connectivity index (χ0) is 11.7. The van der Waals surface area contributed by atoms with E-state index in [-0.39, 0.29) is 0 Å². The Hall–Kier alpha value is -0.180. The number of nitrogens with zero attached hydrogens (tertiary/aromatic N) is 1. The minimum absolute atomic E-state index is 0.369. The summed E-state index contributed by atoms with van der Waals surface area (Å²) in [4.78, 5) is 4.03. The summed E-state index contributed by atoms with van der Waals surface area (Å²) in [6, 6.07) is 8.85. The fourth-order valence-electron chi connectivity index (χ4n) is 2.86. The van der Waals surface area contributed by atoms with Gasteiger partial charge in [-0.05, 0) is 31.0 Å². The Labute approximate surface area is 113 Å². The number of likely N-dealkylation sites (tertiary alicyclic amines) is 1. The number of fused-ring (bicyclic) bond motifs is 1. The lowest BCUT2D eigenvalue weighted by molar-refractivity contribution is 0.223. The minimum Gasteiger partial charge on any atom is -0.301 e. The molecule has 0 radical (unpaired) electrons. The van der Waals surface area contributed by atoms with Crippen molar-refractivity contribution in [3.8, 4) is 0 Å². The van der Waals surface area contributed by atoms with Crippen molar-refractivity contribution in [1.29, 1.82) is 0 Å². The molecule has 2 unspecified atom stereocenters. The van der Waals surface area contributed by atoms with Crippen molar-refractivity contribution >= 4 is 23.4 Å². The Morgan fingerprint density at radius 2 is 2.24 bits per heavy atom. The standard InChI is InChI=1S/C14H18ClNS/c15-12-4-3-7-16(9-12)8-11-10-17-14-6-2-1-5-13(11)14/h1-2,5-6,11-12H,3-4,7-10H2. The number of hydrogen-bond donors (Lipinski definition) is 0. The van der Waals surface area contributed by atoms with Crippen LogP contribution in [0.5, 0.6) is 0 Å². The Bertz CT molecular complexity index is 396. The molecule has 0 amide bonds. The third-order valence-corrected chi connectivity index (χ3v) is 5.33. The normalized spacial score (nSPS) is 29.2. The van der Waals surface area contributed by atoms with E-state index in [0.29, 0.717) is 11.3 Å². The number of rotatable bonds is 2. The van der Waals surface area contributed by atoms with Gasteiger partial charge in [-0.15, -0.1) is 23.4 Å². The lowest BCUT2D eigenvalue weighted by Gasteiger charge is -2.31. The molecule has 1 aromatic rings. The lowest BCUT2D eigenvalue weighted by atomic mass is 9.99. The Kier molecular flexibility index (Phi) is 3.64. The highest BCUT2D eigenvalue weighted by molar-refractivity contribution is 7.99. The number of thioether (sulfide) groups is 1. The molecule has 0 aliphatic carbocycles. The van der Waals surface area contributed by atoms with Crippen molar-refractivity contribution in [1.82, 2.24) is 4.90 Å². The molecule has 92 valence electrons. The van der Waals surface area contributed by atoms with Gasteiger partial charge in [0.1, 0.15) is 0 Å². The molecule has 3 heteroatoms. The van der Waals surface area contributed by atoms with Crippen LogP contribution in [-0.4, -0.2) is 35.7 Å². The van der Waals surface area contributed by atoms with Crippen LogP contribution in [0, 0.1) is 0 Å². The summed E-state index contributed by atoms with van der Waals surface area (Å²) < 4.78 is 0. The van der Waals surface area contributed by atoms with Crippen LogP contribution in [0.1, 0.15) is 24.3 Å². The first-order chi connectivity index (χ1) is 8.33. The fourth-order valence-corrected chi connectivity index (χ4v) is 4.45. The van der Waals surface area contributed by atoms with Crippen LogP contribution in [0.4, 0.5) is 0 Å². The zero-order valence-electron chi connectivity index (χ0n) is 9.94. The first-order valence-electron chi connectivity index (χ1n) is 6.41. The maximum absolute atomic E-state index is 6.25. The number of benzene rings is 1. The summed E-state index contributed by atoms with van der Waals surface area (Å²) in [6.45, 7) is 3.49. The summed E-state index contributed by atoms with van der Waals surface area (Å²) in [5.41, 5.74) is 1.55. The highest BCUT2D eigenvalue weighted by atomic mass is 35.5. The molecule has 0 N–H and O–H groups in total. The molecule has 2 aliphatic rings. The van der Waals surface area contributed by atoms with Gasteiger partial charge >= 0.3 is 0 Å². The third-order valence-electron chi connectivity index (χ3n) is 3.73. The largest absolute Gasteiger partial charge is 0.301 e. The van der Waals surface area contributed by atoms with Crippen molar-refractivity contribution in [2.75, 3.05) is 25.4 Å². The van der Waals surface area contributed by atoms with E-state index in [9.17, 15) is 0 Å². The van der Waals surface area contributed by atoms with Gasteiger partial charge in [0.15, 0.2) is 0 Å². The summed E-state index contributed by atoms with van der Waals surface area (Å²) >= 11 is 8.26. The predicted octanol–water partition coefficient (Wildman–Crippen LogP) is 3.58. The second kappa shape index (κ2) is 5.21. The molecule has 1 aromatic carbocycles. The molecule has 17 heavy (non-hydrogen) atoms. The van der Waals surface area contributed by atoms with Gasteiger partial charge in [-0.25, -0.2) is 0 Å². The van der Waals surface area contributed by atoms with E-state index in [2.05, 4.69) is 29.2 Å². The molecule has 1 saturated heterocycles. The van der Waals surface area contributed by atoms with Gasteiger partial charge in [0, 0.05) is 35.0 Å². The molecular weight excluding hydrogens is 250 g/mol. The van der Waals surface area contributed by atoms with Crippen LogP contribution in [0.2, 0.25) is 0 Å². The lowest BCUT2D eigenvalue weighted by Crippen LogP contribution is -2.38. The van der Waals surface area contributed by atoms with Crippen molar-refractivity contribution in [2.24, 2.45) is 0 Å². The number of piperidine rings is 1. The van der Waals surface area contributed by atoms with Gasteiger partial charge in [-0.2, -0.15) is 0 Å². The first-order valence-corrected chi connectivity index (χ1v) is 7.83. The molecule has 0 bridgehead atoms. The fraction of sp³-hybridized carbons (Fsp3) is 0.571. The Morgan fingerprint density at radius 3 is 3.12 bits per heavy atom. The summed E-state index contributed by atoms with van der Waals surface area (Å²) in [7, 11) is 0. The van der Waals surface area contributed by atoms with E-state index >= 15 is 0 Å².